The highest BCUT2D eigenvalue weighted by Crippen LogP contribution is 2.23. The van der Waals surface area contributed by atoms with Crippen LogP contribution in [0.15, 0.2) is 6.20 Å². The van der Waals surface area contributed by atoms with Crippen LogP contribution in [0.3, 0.4) is 0 Å². The quantitative estimate of drug-likeness (QED) is 0.657. The summed E-state index contributed by atoms with van der Waals surface area (Å²) in [5.41, 5.74) is 6.52. The van der Waals surface area contributed by atoms with Crippen LogP contribution < -0.4 is 10.5 Å². The van der Waals surface area contributed by atoms with Gasteiger partial charge in [0, 0.05) is 18.0 Å². The predicted octanol–water partition coefficient (Wildman–Crippen LogP) is 0.370. The van der Waals surface area contributed by atoms with Crippen molar-refractivity contribution in [3.8, 4) is 5.88 Å². The van der Waals surface area contributed by atoms with Crippen LogP contribution >= 0.6 is 0 Å². The second-order valence-corrected chi connectivity index (χ2v) is 3.28. The summed E-state index contributed by atoms with van der Waals surface area (Å²) >= 11 is 0. The lowest BCUT2D eigenvalue weighted by molar-refractivity contribution is 0.173. The first kappa shape index (κ1) is 7.61. The molecule has 0 spiro atoms. The molecule has 0 fully saturated rings. The largest absolute Gasteiger partial charge is 0.477 e. The summed E-state index contributed by atoms with van der Waals surface area (Å²) in [6.45, 7) is 4.37. The summed E-state index contributed by atoms with van der Waals surface area (Å²) in [6.07, 6.45) is 1.79. The van der Waals surface area contributed by atoms with Crippen LogP contribution in [-0.2, 0) is 13.1 Å². The molecule has 2 heterocycles. The van der Waals surface area contributed by atoms with Gasteiger partial charge in [0.15, 0.2) is 0 Å². The summed E-state index contributed by atoms with van der Waals surface area (Å²) in [5, 5.41) is 4.19. The molecule has 2 N–H and O–H groups in total. The highest BCUT2D eigenvalue weighted by Gasteiger charge is 2.19. The Morgan fingerprint density at radius 1 is 1.83 bits per heavy atom. The molecule has 0 aromatic carbocycles. The monoisotopic (exact) mass is 167 g/mol. The summed E-state index contributed by atoms with van der Waals surface area (Å²) in [6, 6.07) is 0. The molecule has 66 valence electrons. The van der Waals surface area contributed by atoms with E-state index >= 15 is 0 Å². The molecular formula is C8H13N3O. The summed E-state index contributed by atoms with van der Waals surface area (Å²) in [5.74, 6) is 1.40. The van der Waals surface area contributed by atoms with Crippen molar-refractivity contribution in [1.82, 2.24) is 9.78 Å². The van der Waals surface area contributed by atoms with E-state index in [2.05, 4.69) is 12.0 Å². The SMILES string of the molecule is CC1COc2c(CN)cnn2C1. The van der Waals surface area contributed by atoms with Gasteiger partial charge >= 0.3 is 0 Å². The zero-order valence-electron chi connectivity index (χ0n) is 7.16. The standard InChI is InChI=1S/C8H13N3O/c1-6-4-11-8(12-5-6)7(2-9)3-10-11/h3,6H,2,4-5,9H2,1H3. The Morgan fingerprint density at radius 3 is 3.42 bits per heavy atom. The number of ether oxygens (including phenoxy) is 1. The molecule has 1 aliphatic heterocycles. The molecule has 0 saturated heterocycles. The molecule has 0 saturated carbocycles. The van der Waals surface area contributed by atoms with Gasteiger partial charge in [-0.2, -0.15) is 5.10 Å². The number of aromatic nitrogens is 2. The van der Waals surface area contributed by atoms with Gasteiger partial charge < -0.3 is 10.5 Å². The first-order valence-electron chi connectivity index (χ1n) is 4.19. The first-order chi connectivity index (χ1) is 5.81. The second-order valence-electron chi connectivity index (χ2n) is 3.28. The highest BCUT2D eigenvalue weighted by atomic mass is 16.5. The Bertz CT molecular complexity index is 282. The Balaban J connectivity index is 2.32. The second kappa shape index (κ2) is 2.79. The molecule has 0 bridgehead atoms. The third kappa shape index (κ3) is 1.08. The molecule has 2 rings (SSSR count). The lowest BCUT2D eigenvalue weighted by atomic mass is 10.2. The van der Waals surface area contributed by atoms with Crippen LogP contribution in [-0.4, -0.2) is 16.4 Å². The van der Waals surface area contributed by atoms with E-state index in [-0.39, 0.29) is 0 Å². The Morgan fingerprint density at radius 2 is 2.67 bits per heavy atom. The van der Waals surface area contributed by atoms with Crippen molar-refractivity contribution in [3.63, 3.8) is 0 Å². The van der Waals surface area contributed by atoms with E-state index in [1.54, 1.807) is 6.20 Å². The van der Waals surface area contributed by atoms with Crippen molar-refractivity contribution in [3.05, 3.63) is 11.8 Å². The minimum absolute atomic E-state index is 0.504. The lowest BCUT2D eigenvalue weighted by Crippen LogP contribution is -2.24. The van der Waals surface area contributed by atoms with Crippen LogP contribution in [0.2, 0.25) is 0 Å². The third-order valence-electron chi connectivity index (χ3n) is 2.07. The van der Waals surface area contributed by atoms with Gasteiger partial charge in [-0.05, 0) is 0 Å². The lowest BCUT2D eigenvalue weighted by Gasteiger charge is -2.21. The molecule has 4 heteroatoms. The van der Waals surface area contributed by atoms with Crippen LogP contribution in [0.25, 0.3) is 0 Å². The van der Waals surface area contributed by atoms with Gasteiger partial charge in [0.1, 0.15) is 0 Å². The fourth-order valence-electron chi connectivity index (χ4n) is 1.42. The van der Waals surface area contributed by atoms with Crippen LogP contribution in [0.5, 0.6) is 5.88 Å². The maximum atomic E-state index is 5.52. The highest BCUT2D eigenvalue weighted by molar-refractivity contribution is 5.24. The van der Waals surface area contributed by atoms with Crippen molar-refractivity contribution < 1.29 is 4.74 Å². The normalized spacial score (nSPS) is 21.7. The van der Waals surface area contributed by atoms with E-state index in [0.29, 0.717) is 12.5 Å². The molecule has 1 unspecified atom stereocenters. The van der Waals surface area contributed by atoms with Crippen LogP contribution in [0.1, 0.15) is 12.5 Å². The summed E-state index contributed by atoms with van der Waals surface area (Å²) in [4.78, 5) is 0. The van der Waals surface area contributed by atoms with Gasteiger partial charge in [0.2, 0.25) is 5.88 Å². The van der Waals surface area contributed by atoms with Crippen molar-refractivity contribution in [2.45, 2.75) is 20.0 Å². The van der Waals surface area contributed by atoms with Gasteiger partial charge in [0.05, 0.1) is 19.3 Å². The van der Waals surface area contributed by atoms with Gasteiger partial charge in [0.25, 0.3) is 0 Å². The molecule has 0 aliphatic carbocycles. The molecular weight excluding hydrogens is 154 g/mol. The maximum absolute atomic E-state index is 5.52. The molecule has 1 atom stereocenters. The molecule has 1 aromatic heterocycles. The van der Waals surface area contributed by atoms with Crippen molar-refractivity contribution in [1.29, 1.82) is 0 Å². The van der Waals surface area contributed by atoms with E-state index in [9.17, 15) is 0 Å². The van der Waals surface area contributed by atoms with Crippen LogP contribution in [0.4, 0.5) is 0 Å². The van der Waals surface area contributed by atoms with Gasteiger partial charge in [-0.25, -0.2) is 4.68 Å². The predicted molar refractivity (Wildman–Crippen MR) is 44.8 cm³/mol. The van der Waals surface area contributed by atoms with Crippen molar-refractivity contribution >= 4 is 0 Å². The zero-order valence-corrected chi connectivity index (χ0v) is 7.16. The topological polar surface area (TPSA) is 53.1 Å². The minimum Gasteiger partial charge on any atom is -0.477 e. The average Bonchev–Trinajstić information content (AvgIpc) is 2.46. The maximum Gasteiger partial charge on any atom is 0.216 e. The van der Waals surface area contributed by atoms with Crippen LogP contribution in [0, 0.1) is 5.92 Å². The zero-order chi connectivity index (χ0) is 8.55. The van der Waals surface area contributed by atoms with Crippen molar-refractivity contribution in [2.75, 3.05) is 6.61 Å². The van der Waals surface area contributed by atoms with E-state index < -0.39 is 0 Å². The number of rotatable bonds is 1. The van der Waals surface area contributed by atoms with E-state index in [0.717, 1.165) is 24.6 Å². The van der Waals surface area contributed by atoms with Gasteiger partial charge in [-0.15, -0.1) is 0 Å². The fraction of sp³-hybridized carbons (Fsp3) is 0.625. The Labute approximate surface area is 71.3 Å². The number of hydrogen-bond acceptors (Lipinski definition) is 3. The molecule has 0 radical (unpaired) electrons. The number of nitrogens with two attached hydrogens (primary N) is 1. The number of fused-ring (bicyclic) bond motifs is 1. The Kier molecular flexibility index (Phi) is 1.77. The van der Waals surface area contributed by atoms with E-state index in [1.807, 2.05) is 4.68 Å². The fourth-order valence-corrected chi connectivity index (χ4v) is 1.42. The van der Waals surface area contributed by atoms with E-state index in [4.69, 9.17) is 10.5 Å². The minimum atomic E-state index is 0.504. The Hall–Kier alpha value is -1.03. The molecule has 0 amide bonds. The number of nitrogens with zero attached hydrogens (tertiary/aromatic N) is 2. The third-order valence-corrected chi connectivity index (χ3v) is 2.07. The summed E-state index contributed by atoms with van der Waals surface area (Å²) < 4.78 is 7.40. The van der Waals surface area contributed by atoms with Gasteiger partial charge in [-0.1, -0.05) is 6.92 Å². The molecule has 1 aliphatic rings. The average molecular weight is 167 g/mol. The molecule has 1 aromatic rings. The smallest absolute Gasteiger partial charge is 0.216 e. The van der Waals surface area contributed by atoms with Crippen molar-refractivity contribution in [2.24, 2.45) is 11.7 Å². The molecule has 4 nitrogen and oxygen atoms in total. The first-order valence-corrected chi connectivity index (χ1v) is 4.19. The summed E-state index contributed by atoms with van der Waals surface area (Å²) in [7, 11) is 0. The van der Waals surface area contributed by atoms with E-state index in [1.165, 1.54) is 0 Å². The number of hydrogen-bond donors (Lipinski definition) is 1. The molecule has 12 heavy (non-hydrogen) atoms. The van der Waals surface area contributed by atoms with Gasteiger partial charge in [-0.3, -0.25) is 0 Å².